The van der Waals surface area contributed by atoms with Crippen molar-refractivity contribution in [3.63, 3.8) is 0 Å². The summed E-state index contributed by atoms with van der Waals surface area (Å²) in [5, 5.41) is 4.73. The Balaban J connectivity index is 1.72. The van der Waals surface area contributed by atoms with E-state index in [1.165, 1.54) is 12.8 Å². The highest BCUT2D eigenvalue weighted by molar-refractivity contribution is 6.30. The van der Waals surface area contributed by atoms with Crippen LogP contribution >= 0.6 is 11.6 Å². The molecule has 0 atom stereocenters. The number of nitrogens with zero attached hydrogens (tertiary/aromatic N) is 4. The SMILES string of the molecule is Clc1cccc(-c2noc(-c3cccnc3N3CCCC3)n2)c1. The second-order valence-electron chi connectivity index (χ2n) is 5.50. The van der Waals surface area contributed by atoms with Gasteiger partial charge in [-0.05, 0) is 37.1 Å². The van der Waals surface area contributed by atoms with Gasteiger partial charge in [-0.1, -0.05) is 28.9 Å². The van der Waals surface area contributed by atoms with Gasteiger partial charge in [0.15, 0.2) is 0 Å². The van der Waals surface area contributed by atoms with Crippen LogP contribution in [0.3, 0.4) is 0 Å². The summed E-state index contributed by atoms with van der Waals surface area (Å²) in [4.78, 5) is 11.3. The van der Waals surface area contributed by atoms with E-state index in [4.69, 9.17) is 16.1 Å². The van der Waals surface area contributed by atoms with Crippen LogP contribution in [0.2, 0.25) is 5.02 Å². The standard InChI is InChI=1S/C17H15ClN4O/c18-13-6-3-5-12(11-13)15-20-17(23-21-15)14-7-4-8-19-16(14)22-9-1-2-10-22/h3-8,11H,1-2,9-10H2. The van der Waals surface area contributed by atoms with Crippen molar-refractivity contribution in [2.45, 2.75) is 12.8 Å². The van der Waals surface area contributed by atoms with Crippen molar-refractivity contribution < 1.29 is 4.52 Å². The van der Waals surface area contributed by atoms with Crippen LogP contribution in [0, 0.1) is 0 Å². The van der Waals surface area contributed by atoms with Crippen LogP contribution in [0.5, 0.6) is 0 Å². The Hall–Kier alpha value is -2.40. The molecule has 1 saturated heterocycles. The summed E-state index contributed by atoms with van der Waals surface area (Å²) in [6.45, 7) is 2.03. The monoisotopic (exact) mass is 326 g/mol. The average Bonchev–Trinajstić information content (AvgIpc) is 3.27. The number of aromatic nitrogens is 3. The lowest BCUT2D eigenvalue weighted by Crippen LogP contribution is -2.19. The molecule has 5 nitrogen and oxygen atoms in total. The number of hydrogen-bond acceptors (Lipinski definition) is 5. The Labute approximate surface area is 138 Å². The van der Waals surface area contributed by atoms with Gasteiger partial charge in [0.05, 0.1) is 5.56 Å². The zero-order valence-electron chi connectivity index (χ0n) is 12.4. The summed E-state index contributed by atoms with van der Waals surface area (Å²) in [6.07, 6.45) is 4.17. The molecule has 6 heteroatoms. The van der Waals surface area contributed by atoms with E-state index in [-0.39, 0.29) is 0 Å². The predicted octanol–water partition coefficient (Wildman–Crippen LogP) is 4.05. The predicted molar refractivity (Wildman–Crippen MR) is 89.4 cm³/mol. The van der Waals surface area contributed by atoms with Crippen molar-refractivity contribution >= 4 is 17.4 Å². The first kappa shape index (κ1) is 14.2. The molecule has 0 amide bonds. The molecule has 3 aromatic rings. The van der Waals surface area contributed by atoms with Gasteiger partial charge in [-0.15, -0.1) is 0 Å². The molecule has 4 rings (SSSR count). The van der Waals surface area contributed by atoms with Crippen LogP contribution in [0.15, 0.2) is 47.1 Å². The van der Waals surface area contributed by atoms with E-state index in [2.05, 4.69) is 20.0 Å². The number of benzene rings is 1. The maximum Gasteiger partial charge on any atom is 0.261 e. The fourth-order valence-electron chi connectivity index (χ4n) is 2.82. The van der Waals surface area contributed by atoms with E-state index in [0.29, 0.717) is 16.7 Å². The minimum absolute atomic E-state index is 0.481. The van der Waals surface area contributed by atoms with Crippen LogP contribution in [0.4, 0.5) is 5.82 Å². The molecule has 3 heterocycles. The van der Waals surface area contributed by atoms with Crippen LogP contribution in [-0.4, -0.2) is 28.2 Å². The maximum absolute atomic E-state index is 6.03. The van der Waals surface area contributed by atoms with E-state index < -0.39 is 0 Å². The van der Waals surface area contributed by atoms with Gasteiger partial charge < -0.3 is 9.42 Å². The van der Waals surface area contributed by atoms with Gasteiger partial charge >= 0.3 is 0 Å². The highest BCUT2D eigenvalue weighted by Gasteiger charge is 2.21. The first-order chi connectivity index (χ1) is 11.3. The molecular formula is C17H15ClN4O. The minimum atomic E-state index is 0.481. The zero-order valence-corrected chi connectivity index (χ0v) is 13.2. The number of anilines is 1. The maximum atomic E-state index is 6.03. The van der Waals surface area contributed by atoms with Crippen molar-refractivity contribution in [2.75, 3.05) is 18.0 Å². The normalized spacial score (nSPS) is 14.4. The molecule has 0 spiro atoms. The Morgan fingerprint density at radius 3 is 2.78 bits per heavy atom. The Kier molecular flexibility index (Phi) is 3.71. The summed E-state index contributed by atoms with van der Waals surface area (Å²) < 4.78 is 5.47. The van der Waals surface area contributed by atoms with Gasteiger partial charge in [-0.25, -0.2) is 4.98 Å². The molecule has 0 radical (unpaired) electrons. The molecular weight excluding hydrogens is 312 g/mol. The fourth-order valence-corrected chi connectivity index (χ4v) is 3.01. The van der Waals surface area contributed by atoms with Crippen molar-refractivity contribution in [3.05, 3.63) is 47.6 Å². The third-order valence-corrected chi connectivity index (χ3v) is 4.17. The first-order valence-corrected chi connectivity index (χ1v) is 7.99. The van der Waals surface area contributed by atoms with Crippen molar-refractivity contribution in [3.8, 4) is 22.8 Å². The number of pyridine rings is 1. The summed E-state index contributed by atoms with van der Waals surface area (Å²) in [5.74, 6) is 1.92. The second kappa shape index (κ2) is 6.01. The van der Waals surface area contributed by atoms with Crippen LogP contribution in [-0.2, 0) is 0 Å². The highest BCUT2D eigenvalue weighted by Crippen LogP contribution is 2.31. The largest absolute Gasteiger partial charge is 0.356 e. The third kappa shape index (κ3) is 2.80. The molecule has 0 unspecified atom stereocenters. The Bertz CT molecular complexity index is 827. The van der Waals surface area contributed by atoms with Crippen LogP contribution in [0.25, 0.3) is 22.8 Å². The van der Waals surface area contributed by atoms with Crippen LogP contribution in [0.1, 0.15) is 12.8 Å². The second-order valence-corrected chi connectivity index (χ2v) is 5.94. The average molecular weight is 327 g/mol. The molecule has 116 valence electrons. The molecule has 23 heavy (non-hydrogen) atoms. The third-order valence-electron chi connectivity index (χ3n) is 3.93. The van der Waals surface area contributed by atoms with Gasteiger partial charge in [0.25, 0.3) is 5.89 Å². The van der Waals surface area contributed by atoms with E-state index >= 15 is 0 Å². The van der Waals surface area contributed by atoms with Gasteiger partial charge in [0, 0.05) is 29.9 Å². The van der Waals surface area contributed by atoms with Gasteiger partial charge in [-0.3, -0.25) is 0 Å². The molecule has 0 aliphatic carbocycles. The molecule has 2 aromatic heterocycles. The molecule has 0 saturated carbocycles. The van der Waals surface area contributed by atoms with Crippen LogP contribution < -0.4 is 4.90 Å². The van der Waals surface area contributed by atoms with E-state index in [0.717, 1.165) is 30.0 Å². The Morgan fingerprint density at radius 2 is 1.96 bits per heavy atom. The van der Waals surface area contributed by atoms with Gasteiger partial charge in [0.1, 0.15) is 5.82 Å². The lowest BCUT2D eigenvalue weighted by Gasteiger charge is -2.17. The molecule has 0 N–H and O–H groups in total. The fraction of sp³-hybridized carbons (Fsp3) is 0.235. The molecule has 1 fully saturated rings. The summed E-state index contributed by atoms with van der Waals surface area (Å²) in [7, 11) is 0. The number of hydrogen-bond donors (Lipinski definition) is 0. The Morgan fingerprint density at radius 1 is 1.09 bits per heavy atom. The minimum Gasteiger partial charge on any atom is -0.356 e. The lowest BCUT2D eigenvalue weighted by molar-refractivity contribution is 0.432. The molecule has 0 bridgehead atoms. The summed E-state index contributed by atoms with van der Waals surface area (Å²) in [6, 6.07) is 11.3. The van der Waals surface area contributed by atoms with E-state index in [1.807, 2.05) is 36.4 Å². The molecule has 1 aliphatic heterocycles. The van der Waals surface area contributed by atoms with Gasteiger partial charge in [-0.2, -0.15) is 4.98 Å². The quantitative estimate of drug-likeness (QED) is 0.726. The van der Waals surface area contributed by atoms with Crippen molar-refractivity contribution in [1.82, 2.24) is 15.1 Å². The zero-order chi connectivity index (χ0) is 15.6. The smallest absolute Gasteiger partial charge is 0.261 e. The topological polar surface area (TPSA) is 55.1 Å². The van der Waals surface area contributed by atoms with E-state index in [1.54, 1.807) is 6.20 Å². The first-order valence-electron chi connectivity index (χ1n) is 7.61. The number of halogens is 1. The number of rotatable bonds is 3. The highest BCUT2D eigenvalue weighted by atomic mass is 35.5. The summed E-state index contributed by atoms with van der Waals surface area (Å²) in [5.41, 5.74) is 1.70. The van der Waals surface area contributed by atoms with Crippen molar-refractivity contribution in [2.24, 2.45) is 0 Å². The van der Waals surface area contributed by atoms with E-state index in [9.17, 15) is 0 Å². The molecule has 1 aliphatic rings. The summed E-state index contributed by atoms with van der Waals surface area (Å²) >= 11 is 6.03. The lowest BCUT2D eigenvalue weighted by atomic mass is 10.2. The molecule has 1 aromatic carbocycles. The van der Waals surface area contributed by atoms with Gasteiger partial charge in [0.2, 0.25) is 5.82 Å². The van der Waals surface area contributed by atoms with Crippen molar-refractivity contribution in [1.29, 1.82) is 0 Å².